The summed E-state index contributed by atoms with van der Waals surface area (Å²) in [7, 11) is -7.58. The molecule has 2 rings (SSSR count). The lowest BCUT2D eigenvalue weighted by molar-refractivity contribution is -0.117. The van der Waals surface area contributed by atoms with Crippen LogP contribution in [0.1, 0.15) is 129 Å². The van der Waals surface area contributed by atoms with E-state index in [1.807, 2.05) is 0 Å². The number of benzene rings is 2. The van der Waals surface area contributed by atoms with Crippen molar-refractivity contribution in [3.63, 3.8) is 0 Å². The van der Waals surface area contributed by atoms with Gasteiger partial charge in [-0.05, 0) is 75.2 Å². The third-order valence-electron chi connectivity index (χ3n) is 8.11. The van der Waals surface area contributed by atoms with E-state index in [1.165, 1.54) is 88.5 Å². The van der Waals surface area contributed by atoms with E-state index in [0.717, 1.165) is 38.5 Å². The molecule has 2 aromatic carbocycles. The number of hydrogen-bond acceptors (Lipinski definition) is 6. The lowest BCUT2D eigenvalue weighted by atomic mass is 10.0. The fraction of sp³-hybridized carbons (Fsp3) is 0.611. The molecule has 0 heterocycles. The van der Waals surface area contributed by atoms with Crippen LogP contribution in [-0.2, 0) is 27.8 Å². The van der Waals surface area contributed by atoms with Gasteiger partial charge in [0.2, 0.25) is 11.8 Å². The zero-order valence-electron chi connectivity index (χ0n) is 29.0. The fourth-order valence-electron chi connectivity index (χ4n) is 5.49. The molecule has 12 heteroatoms. The summed E-state index contributed by atoms with van der Waals surface area (Å²) in [5.41, 5.74) is 1.22. The smallest absolute Gasteiger partial charge is 0.326 e. The summed E-state index contributed by atoms with van der Waals surface area (Å²) in [6, 6.07) is 12.6. The van der Waals surface area contributed by atoms with Crippen LogP contribution in [0, 0.1) is 0 Å². The van der Waals surface area contributed by atoms with Crippen molar-refractivity contribution in [2.45, 2.75) is 129 Å². The van der Waals surface area contributed by atoms with Gasteiger partial charge in [0.15, 0.2) is 0 Å². The topological polar surface area (TPSA) is 151 Å². The zero-order valence-corrected chi connectivity index (χ0v) is 30.8. The third-order valence-corrected chi connectivity index (χ3v) is 11.2. The minimum Gasteiger partial charge on any atom is -0.326 e. The molecule has 0 radical (unpaired) electrons. The lowest BCUT2D eigenvalue weighted by Gasteiger charge is -2.17. The molecule has 10 nitrogen and oxygen atoms in total. The van der Waals surface area contributed by atoms with Gasteiger partial charge in [-0.25, -0.2) is 0 Å². The molecule has 0 aliphatic rings. The molecule has 0 aromatic heterocycles. The zero-order chi connectivity index (χ0) is 35.1. The van der Waals surface area contributed by atoms with Gasteiger partial charge in [0.1, 0.15) is 0 Å². The molecule has 4 N–H and O–H groups in total. The second-order valence-corrected chi connectivity index (χ2v) is 15.9. The van der Waals surface area contributed by atoms with Crippen LogP contribution >= 0.6 is 15.2 Å². The number of anilines is 2. The molecule has 0 saturated carbocycles. The average molecular weight is 709 g/mol. The Balaban J connectivity index is 1.35. The molecule has 2 amide bonds. The maximum Gasteiger partial charge on any atom is 0.361 e. The van der Waals surface area contributed by atoms with Crippen LogP contribution in [-0.4, -0.2) is 34.8 Å². The van der Waals surface area contributed by atoms with Crippen LogP contribution in [0.2, 0.25) is 0 Å². The molecule has 0 bridgehead atoms. The molecule has 0 unspecified atom stereocenters. The molecule has 270 valence electrons. The summed E-state index contributed by atoms with van der Waals surface area (Å²) in [5.74, 6) is -0.0777. The van der Waals surface area contributed by atoms with E-state index in [4.69, 9.17) is 18.8 Å². The predicted octanol–water partition coefficient (Wildman–Crippen LogP) is 8.98. The van der Waals surface area contributed by atoms with Gasteiger partial charge in [0, 0.05) is 24.2 Å². The number of carbonyl (C=O) groups excluding carboxylic acids is 2. The van der Waals surface area contributed by atoms with Crippen LogP contribution in [0.15, 0.2) is 48.5 Å². The number of nitrogens with one attached hydrogen (secondary N) is 2. The normalized spacial score (nSPS) is 11.8. The van der Waals surface area contributed by atoms with Crippen molar-refractivity contribution in [1.82, 2.24) is 0 Å². The molecule has 0 spiro atoms. The highest BCUT2D eigenvalue weighted by atomic mass is 31.2. The van der Waals surface area contributed by atoms with E-state index in [-0.39, 0.29) is 17.1 Å². The van der Waals surface area contributed by atoms with Crippen molar-refractivity contribution in [3.8, 4) is 0 Å². The Morgan fingerprint density at radius 1 is 0.521 bits per heavy atom. The highest BCUT2D eigenvalue weighted by molar-refractivity contribution is 7.62. The van der Waals surface area contributed by atoms with Gasteiger partial charge in [0.05, 0.1) is 23.8 Å². The fourth-order valence-corrected chi connectivity index (χ4v) is 7.59. The van der Waals surface area contributed by atoms with Crippen molar-refractivity contribution >= 4 is 49.0 Å². The number of carbonyl (C=O) groups is 2. The first kappa shape index (κ1) is 41.8. The van der Waals surface area contributed by atoms with Crippen molar-refractivity contribution < 1.29 is 37.6 Å². The molecule has 0 atom stereocenters. The lowest BCUT2D eigenvalue weighted by Crippen LogP contribution is -2.13. The molecule has 2 aromatic rings. The first-order chi connectivity index (χ1) is 23.1. The van der Waals surface area contributed by atoms with Gasteiger partial charge >= 0.3 is 15.2 Å². The van der Waals surface area contributed by atoms with Gasteiger partial charge in [-0.3, -0.25) is 18.7 Å². The summed E-state index contributed by atoms with van der Waals surface area (Å²) in [4.78, 5) is 42.7. The summed E-state index contributed by atoms with van der Waals surface area (Å²) in [5, 5.41) is 6.12. The first-order valence-corrected chi connectivity index (χ1v) is 21.0. The Labute approximate surface area is 287 Å². The molecule has 0 saturated heterocycles. The first-order valence-electron chi connectivity index (χ1n) is 17.8. The second kappa shape index (κ2) is 23.9. The summed E-state index contributed by atoms with van der Waals surface area (Å²) >= 11 is 0. The van der Waals surface area contributed by atoms with E-state index >= 15 is 0 Å². The van der Waals surface area contributed by atoms with Gasteiger partial charge in [0.25, 0.3) is 0 Å². The summed E-state index contributed by atoms with van der Waals surface area (Å²) in [6.45, 7) is 4.14. The number of rotatable bonds is 27. The number of unbranched alkanes of at least 4 members (excludes halogenated alkanes) is 15. The minimum absolute atomic E-state index is 0.00432. The summed E-state index contributed by atoms with van der Waals surface area (Å²) in [6.07, 6.45) is 19.7. The Hall–Kier alpha value is -2.32. The molecule has 0 fully saturated rings. The van der Waals surface area contributed by atoms with E-state index in [9.17, 15) is 18.7 Å². The molecule has 0 aliphatic carbocycles. The van der Waals surface area contributed by atoms with Gasteiger partial charge in [-0.2, -0.15) is 0 Å². The van der Waals surface area contributed by atoms with Gasteiger partial charge < -0.3 is 29.5 Å². The Kier molecular flexibility index (Phi) is 20.9. The Morgan fingerprint density at radius 3 is 1.10 bits per heavy atom. The van der Waals surface area contributed by atoms with Gasteiger partial charge in [-0.15, -0.1) is 0 Å². The Bertz CT molecular complexity index is 1270. The Morgan fingerprint density at radius 2 is 0.812 bits per heavy atom. The van der Waals surface area contributed by atoms with Crippen LogP contribution in [0.4, 0.5) is 11.4 Å². The highest BCUT2D eigenvalue weighted by Gasteiger charge is 2.26. The van der Waals surface area contributed by atoms with Crippen molar-refractivity contribution in [2.75, 3.05) is 23.8 Å². The predicted molar refractivity (Wildman–Crippen MR) is 195 cm³/mol. The summed E-state index contributed by atoms with van der Waals surface area (Å²) < 4.78 is 34.8. The molecule has 0 aliphatic heterocycles. The minimum atomic E-state index is -4.26. The quantitative estimate of drug-likeness (QED) is 0.0530. The van der Waals surface area contributed by atoms with E-state index in [1.54, 1.807) is 38.1 Å². The SMILES string of the molecule is CCOP(=O)(OCC)c1ccc(NC(=O)CCCCCCCCCCCCCCCCCCC(=O)Nc2ccc(P(=O)(O)O)cc2)cc1. The highest BCUT2D eigenvalue weighted by Crippen LogP contribution is 2.46. The van der Waals surface area contributed by atoms with Crippen LogP contribution < -0.4 is 21.2 Å². The van der Waals surface area contributed by atoms with Crippen LogP contribution in [0.3, 0.4) is 0 Å². The van der Waals surface area contributed by atoms with E-state index < -0.39 is 15.2 Å². The third kappa shape index (κ3) is 17.9. The molecular weight excluding hydrogens is 650 g/mol. The largest absolute Gasteiger partial charge is 0.361 e. The van der Waals surface area contributed by atoms with Crippen molar-refractivity contribution in [3.05, 3.63) is 48.5 Å². The molecule has 48 heavy (non-hydrogen) atoms. The number of amides is 2. The average Bonchev–Trinajstić information content (AvgIpc) is 3.04. The van der Waals surface area contributed by atoms with E-state index in [2.05, 4.69) is 10.6 Å². The second-order valence-electron chi connectivity index (χ2n) is 12.2. The standard InChI is InChI=1S/C36H58N2O8P2/c1-3-45-48(44,46-4-2)34-29-25-32(26-30-34)38-36(40)22-20-18-16-14-12-10-8-6-5-7-9-11-13-15-17-19-21-35(39)37-31-23-27-33(28-24-31)47(41,42)43/h23-30H,3-22H2,1-2H3,(H,37,39)(H,38,40)(H2,41,42,43). The molecular formula is C36H58N2O8P2. The van der Waals surface area contributed by atoms with Crippen LogP contribution in [0.5, 0.6) is 0 Å². The maximum atomic E-state index is 12.8. The van der Waals surface area contributed by atoms with Crippen LogP contribution in [0.25, 0.3) is 0 Å². The monoisotopic (exact) mass is 708 g/mol. The van der Waals surface area contributed by atoms with Gasteiger partial charge in [-0.1, -0.05) is 89.9 Å². The van der Waals surface area contributed by atoms with E-state index in [0.29, 0.717) is 42.7 Å². The van der Waals surface area contributed by atoms with Crippen molar-refractivity contribution in [2.24, 2.45) is 0 Å². The number of hydrogen-bond donors (Lipinski definition) is 4. The maximum absolute atomic E-state index is 12.8. The van der Waals surface area contributed by atoms with Crippen molar-refractivity contribution in [1.29, 1.82) is 0 Å².